The van der Waals surface area contributed by atoms with Crippen LogP contribution in [0.1, 0.15) is 10.4 Å². The molecule has 0 saturated carbocycles. The first-order valence-electron chi connectivity index (χ1n) is 10.7. The molecular formula is C24H18Cl2N4O5. The van der Waals surface area contributed by atoms with Gasteiger partial charge in [-0.1, -0.05) is 23.2 Å². The molecule has 0 bridgehead atoms. The Morgan fingerprint density at radius 3 is 2.60 bits per heavy atom. The number of anilines is 2. The second-order valence-electron chi connectivity index (χ2n) is 7.84. The smallest absolute Gasteiger partial charge is 0.293 e. The van der Waals surface area contributed by atoms with E-state index in [1.54, 1.807) is 48.5 Å². The van der Waals surface area contributed by atoms with Crippen LogP contribution in [0, 0.1) is 10.1 Å². The van der Waals surface area contributed by atoms with Gasteiger partial charge in [-0.2, -0.15) is 0 Å². The van der Waals surface area contributed by atoms with Gasteiger partial charge in [0.15, 0.2) is 5.58 Å². The van der Waals surface area contributed by atoms with Crippen LogP contribution in [0.2, 0.25) is 10.0 Å². The van der Waals surface area contributed by atoms with Crippen LogP contribution in [0.25, 0.3) is 22.6 Å². The van der Waals surface area contributed by atoms with Crippen LogP contribution in [0.15, 0.2) is 59.0 Å². The number of oxazole rings is 1. The highest BCUT2D eigenvalue weighted by Crippen LogP contribution is 2.33. The molecule has 1 amide bonds. The van der Waals surface area contributed by atoms with Gasteiger partial charge in [-0.25, -0.2) is 4.98 Å². The van der Waals surface area contributed by atoms with Gasteiger partial charge in [-0.15, -0.1) is 0 Å². The van der Waals surface area contributed by atoms with Crippen LogP contribution in [-0.4, -0.2) is 42.1 Å². The molecular weight excluding hydrogens is 495 g/mol. The Morgan fingerprint density at radius 2 is 1.86 bits per heavy atom. The van der Waals surface area contributed by atoms with E-state index in [2.05, 4.69) is 10.3 Å². The lowest BCUT2D eigenvalue weighted by molar-refractivity contribution is -0.384. The Bertz CT molecular complexity index is 1450. The molecule has 0 aliphatic carbocycles. The number of halogens is 2. The molecule has 1 saturated heterocycles. The van der Waals surface area contributed by atoms with E-state index in [9.17, 15) is 14.9 Å². The number of rotatable bonds is 5. The van der Waals surface area contributed by atoms with Crippen molar-refractivity contribution in [3.8, 4) is 11.5 Å². The molecule has 1 fully saturated rings. The van der Waals surface area contributed by atoms with Gasteiger partial charge in [0.1, 0.15) is 11.2 Å². The zero-order valence-electron chi connectivity index (χ0n) is 18.2. The fraction of sp³-hybridized carbons (Fsp3) is 0.167. The zero-order chi connectivity index (χ0) is 24.5. The van der Waals surface area contributed by atoms with Gasteiger partial charge in [0, 0.05) is 35.4 Å². The first-order valence-corrected chi connectivity index (χ1v) is 11.4. The number of hydrogen-bond acceptors (Lipinski definition) is 7. The quantitative estimate of drug-likeness (QED) is 0.265. The molecule has 1 aliphatic rings. The van der Waals surface area contributed by atoms with Gasteiger partial charge < -0.3 is 19.4 Å². The van der Waals surface area contributed by atoms with Gasteiger partial charge >= 0.3 is 0 Å². The molecule has 35 heavy (non-hydrogen) atoms. The second-order valence-corrected chi connectivity index (χ2v) is 8.68. The molecule has 5 rings (SSSR count). The van der Waals surface area contributed by atoms with E-state index in [0.29, 0.717) is 70.3 Å². The Morgan fingerprint density at radius 1 is 1.06 bits per heavy atom. The van der Waals surface area contributed by atoms with E-state index >= 15 is 0 Å². The van der Waals surface area contributed by atoms with Gasteiger partial charge in [-0.3, -0.25) is 14.9 Å². The maximum Gasteiger partial charge on any atom is 0.293 e. The van der Waals surface area contributed by atoms with E-state index in [-0.39, 0.29) is 11.3 Å². The molecule has 178 valence electrons. The van der Waals surface area contributed by atoms with E-state index in [0.717, 1.165) is 0 Å². The van der Waals surface area contributed by atoms with Gasteiger partial charge in [-0.05, 0) is 48.5 Å². The summed E-state index contributed by atoms with van der Waals surface area (Å²) in [5.41, 5.74) is 2.58. The topological polar surface area (TPSA) is 111 Å². The lowest BCUT2D eigenvalue weighted by Crippen LogP contribution is -2.36. The average molecular weight is 513 g/mol. The number of nitrogens with one attached hydrogen (secondary N) is 1. The largest absolute Gasteiger partial charge is 0.436 e. The van der Waals surface area contributed by atoms with Crippen LogP contribution in [-0.2, 0) is 4.74 Å². The highest BCUT2D eigenvalue weighted by molar-refractivity contribution is 6.36. The Kier molecular flexibility index (Phi) is 6.29. The van der Waals surface area contributed by atoms with Crippen molar-refractivity contribution in [2.24, 2.45) is 0 Å². The number of hydrogen-bond donors (Lipinski definition) is 1. The minimum absolute atomic E-state index is 0.129. The van der Waals surface area contributed by atoms with Crippen LogP contribution in [0.4, 0.5) is 17.1 Å². The van der Waals surface area contributed by atoms with Gasteiger partial charge in [0.2, 0.25) is 5.89 Å². The maximum absolute atomic E-state index is 12.9. The molecule has 4 aromatic rings. The predicted octanol–water partition coefficient (Wildman–Crippen LogP) is 5.80. The van der Waals surface area contributed by atoms with Crippen LogP contribution in [0.3, 0.4) is 0 Å². The number of morpholine rings is 1. The molecule has 1 N–H and O–H groups in total. The summed E-state index contributed by atoms with van der Waals surface area (Å²) in [4.78, 5) is 30.4. The van der Waals surface area contributed by atoms with E-state index < -0.39 is 10.8 Å². The number of nitro groups is 1. The molecule has 0 radical (unpaired) electrons. The summed E-state index contributed by atoms with van der Waals surface area (Å²) in [5, 5.41) is 15.4. The number of nitrogens with zero attached hydrogens (tertiary/aromatic N) is 3. The predicted molar refractivity (Wildman–Crippen MR) is 134 cm³/mol. The fourth-order valence-electron chi connectivity index (χ4n) is 3.87. The highest BCUT2D eigenvalue weighted by Gasteiger charge is 2.23. The summed E-state index contributed by atoms with van der Waals surface area (Å²) in [6.07, 6.45) is 0. The van der Waals surface area contributed by atoms with Crippen molar-refractivity contribution in [3.05, 3.63) is 80.3 Å². The minimum atomic E-state index is -0.481. The SMILES string of the molecule is O=C(Nc1ccc2oc(-c3ccc(Cl)cc3Cl)nc2c1)c1ccc(N2CCOCC2)c([N+](=O)[O-])c1. The number of nitro benzene ring substituents is 1. The number of carbonyl (C=O) groups is 1. The highest BCUT2D eigenvalue weighted by atomic mass is 35.5. The normalized spacial score (nSPS) is 13.7. The number of benzene rings is 3. The standard InChI is InChI=1S/C24H18Cl2N4O5/c25-15-2-4-17(18(26)12-15)24-28-19-13-16(3-6-22(19)35-24)27-23(31)14-1-5-20(21(11-14)30(32)33)29-7-9-34-10-8-29/h1-6,11-13H,7-10H2,(H,27,31). The van der Waals surface area contributed by atoms with Gasteiger partial charge in [0.05, 0.1) is 28.7 Å². The summed E-state index contributed by atoms with van der Waals surface area (Å²) in [5.74, 6) is -0.162. The third-order valence-corrected chi connectivity index (χ3v) is 6.14. The first kappa shape index (κ1) is 23.1. The van der Waals surface area contributed by atoms with Crippen LogP contribution < -0.4 is 10.2 Å². The molecule has 3 aromatic carbocycles. The van der Waals surface area contributed by atoms with Crippen LogP contribution >= 0.6 is 23.2 Å². The third kappa shape index (κ3) is 4.79. The molecule has 2 heterocycles. The number of aromatic nitrogens is 1. The molecule has 0 atom stereocenters. The molecule has 0 spiro atoms. The van der Waals surface area contributed by atoms with Crippen molar-refractivity contribution in [1.29, 1.82) is 0 Å². The van der Waals surface area contributed by atoms with Gasteiger partial charge in [0.25, 0.3) is 11.6 Å². The number of ether oxygens (including phenoxy) is 1. The van der Waals surface area contributed by atoms with E-state index in [4.69, 9.17) is 32.4 Å². The Balaban J connectivity index is 1.39. The lowest BCUT2D eigenvalue weighted by atomic mass is 10.1. The van der Waals surface area contributed by atoms with Crippen molar-refractivity contribution < 1.29 is 18.9 Å². The van der Waals surface area contributed by atoms with Crippen molar-refractivity contribution >= 4 is 57.3 Å². The lowest BCUT2D eigenvalue weighted by Gasteiger charge is -2.28. The summed E-state index contributed by atoms with van der Waals surface area (Å²) in [6.45, 7) is 2.09. The summed E-state index contributed by atoms with van der Waals surface area (Å²) < 4.78 is 11.1. The summed E-state index contributed by atoms with van der Waals surface area (Å²) in [7, 11) is 0. The fourth-order valence-corrected chi connectivity index (χ4v) is 4.36. The molecule has 1 aromatic heterocycles. The summed E-state index contributed by atoms with van der Waals surface area (Å²) >= 11 is 12.2. The van der Waals surface area contributed by atoms with Crippen molar-refractivity contribution in [1.82, 2.24) is 4.98 Å². The van der Waals surface area contributed by atoms with E-state index in [1.165, 1.54) is 6.07 Å². The van der Waals surface area contributed by atoms with Crippen molar-refractivity contribution in [2.45, 2.75) is 0 Å². The summed E-state index contributed by atoms with van der Waals surface area (Å²) in [6, 6.07) is 14.4. The molecule has 0 unspecified atom stereocenters. The van der Waals surface area contributed by atoms with Crippen molar-refractivity contribution in [2.75, 3.05) is 36.5 Å². The van der Waals surface area contributed by atoms with Crippen LogP contribution in [0.5, 0.6) is 0 Å². The maximum atomic E-state index is 12.9. The number of fused-ring (bicyclic) bond motifs is 1. The molecule has 1 aliphatic heterocycles. The van der Waals surface area contributed by atoms with Crippen molar-refractivity contribution in [3.63, 3.8) is 0 Å². The molecule has 11 heteroatoms. The first-order chi connectivity index (χ1) is 16.9. The minimum Gasteiger partial charge on any atom is -0.436 e. The average Bonchev–Trinajstić information content (AvgIpc) is 3.27. The Labute approximate surface area is 209 Å². The third-order valence-electron chi connectivity index (χ3n) is 5.59. The monoisotopic (exact) mass is 512 g/mol. The van der Waals surface area contributed by atoms with E-state index in [1.807, 2.05) is 4.90 Å². The Hall–Kier alpha value is -3.66. The zero-order valence-corrected chi connectivity index (χ0v) is 19.7. The second kappa shape index (κ2) is 9.53. The number of carbonyl (C=O) groups excluding carboxylic acids is 1. The molecule has 9 nitrogen and oxygen atoms in total. The number of amides is 1.